The summed E-state index contributed by atoms with van der Waals surface area (Å²) < 4.78 is 22.5. The third-order valence-electron chi connectivity index (χ3n) is 4.90. The van der Waals surface area contributed by atoms with E-state index < -0.39 is 0 Å². The molecule has 1 aliphatic heterocycles. The molecule has 0 atom stereocenters. The molecule has 1 fully saturated rings. The Morgan fingerprint density at radius 3 is 2.57 bits per heavy atom. The first-order valence-electron chi connectivity index (χ1n) is 10.0. The number of carbonyl (C=O) groups is 1. The van der Waals surface area contributed by atoms with Crippen LogP contribution in [0.3, 0.4) is 0 Å². The minimum absolute atomic E-state index is 0.0363. The first kappa shape index (κ1) is 19.8. The lowest BCUT2D eigenvalue weighted by atomic mass is 10.2. The maximum absolute atomic E-state index is 12.8. The molecule has 1 aliphatic rings. The molecule has 0 saturated carbocycles. The predicted molar refractivity (Wildman–Crippen MR) is 111 cm³/mol. The van der Waals surface area contributed by atoms with Gasteiger partial charge in [0.1, 0.15) is 17.6 Å². The molecule has 2 heterocycles. The van der Waals surface area contributed by atoms with Crippen molar-refractivity contribution in [2.24, 2.45) is 0 Å². The number of carbonyl (C=O) groups excluding carboxylic acids is 1. The summed E-state index contributed by atoms with van der Waals surface area (Å²) in [4.78, 5) is 26.8. The lowest BCUT2D eigenvalue weighted by Crippen LogP contribution is -2.32. The van der Waals surface area contributed by atoms with Crippen LogP contribution in [0.4, 0.5) is 0 Å². The van der Waals surface area contributed by atoms with E-state index in [0.717, 1.165) is 25.9 Å². The second kappa shape index (κ2) is 8.90. The fraction of sp³-hybridized carbons (Fsp3) is 0.304. The lowest BCUT2D eigenvalue weighted by Gasteiger charge is -2.15. The van der Waals surface area contributed by atoms with Gasteiger partial charge in [-0.2, -0.15) is 0 Å². The second-order valence-electron chi connectivity index (χ2n) is 6.95. The molecule has 0 radical (unpaired) electrons. The monoisotopic (exact) mass is 409 g/mol. The molecular formula is C23H23NO6. The smallest absolute Gasteiger partial charge is 0.260 e. The maximum Gasteiger partial charge on any atom is 0.260 e. The number of hydrogen-bond donors (Lipinski definition) is 0. The number of rotatable bonds is 7. The van der Waals surface area contributed by atoms with E-state index in [2.05, 4.69) is 0 Å². The van der Waals surface area contributed by atoms with Crippen molar-refractivity contribution in [2.75, 3.05) is 26.3 Å². The summed E-state index contributed by atoms with van der Waals surface area (Å²) in [5.74, 6) is 1.48. The van der Waals surface area contributed by atoms with Crippen LogP contribution in [0.1, 0.15) is 19.8 Å². The quantitative estimate of drug-likeness (QED) is 0.587. The van der Waals surface area contributed by atoms with Gasteiger partial charge >= 0.3 is 0 Å². The summed E-state index contributed by atoms with van der Waals surface area (Å²) in [6.45, 7) is 3.88. The van der Waals surface area contributed by atoms with Crippen LogP contribution >= 0.6 is 0 Å². The first-order chi connectivity index (χ1) is 14.7. The van der Waals surface area contributed by atoms with Crippen molar-refractivity contribution >= 4 is 16.9 Å². The van der Waals surface area contributed by atoms with Crippen molar-refractivity contribution < 1.29 is 23.4 Å². The highest BCUT2D eigenvalue weighted by Crippen LogP contribution is 2.31. The van der Waals surface area contributed by atoms with Crippen LogP contribution in [0.5, 0.6) is 23.0 Å². The average molecular weight is 409 g/mol. The summed E-state index contributed by atoms with van der Waals surface area (Å²) in [5, 5.41) is 0.361. The summed E-state index contributed by atoms with van der Waals surface area (Å²) in [5.41, 5.74) is 0.0545. The summed E-state index contributed by atoms with van der Waals surface area (Å²) in [7, 11) is 0. The van der Waals surface area contributed by atoms with E-state index in [1.807, 2.05) is 13.0 Å². The zero-order valence-corrected chi connectivity index (χ0v) is 16.8. The number of nitrogens with zero attached hydrogens (tertiary/aromatic N) is 1. The number of likely N-dealkylation sites (tertiary alicyclic amines) is 1. The number of amides is 1. The standard InChI is InChI=1S/C23H23NO6/c1-2-27-18-7-3-4-8-19(18)30-21-14-29-20-13-16(9-10-17(20)23(21)26)28-15-22(25)24-11-5-6-12-24/h3-4,7-10,13-14H,2,5-6,11-12,15H2,1H3. The molecule has 0 bridgehead atoms. The van der Waals surface area contributed by atoms with Crippen molar-refractivity contribution in [3.63, 3.8) is 0 Å². The van der Waals surface area contributed by atoms with Gasteiger partial charge in [-0.3, -0.25) is 9.59 Å². The van der Waals surface area contributed by atoms with Crippen molar-refractivity contribution in [2.45, 2.75) is 19.8 Å². The fourth-order valence-electron chi connectivity index (χ4n) is 3.38. The Kier molecular flexibility index (Phi) is 5.88. The highest BCUT2D eigenvalue weighted by molar-refractivity contribution is 5.80. The molecule has 156 valence electrons. The van der Waals surface area contributed by atoms with E-state index >= 15 is 0 Å². The van der Waals surface area contributed by atoms with Crippen LogP contribution in [0, 0.1) is 0 Å². The minimum atomic E-state index is -0.303. The Morgan fingerprint density at radius 1 is 1.03 bits per heavy atom. The molecule has 0 unspecified atom stereocenters. The van der Waals surface area contributed by atoms with Crippen LogP contribution < -0.4 is 19.6 Å². The fourth-order valence-corrected chi connectivity index (χ4v) is 3.38. The second-order valence-corrected chi connectivity index (χ2v) is 6.95. The highest BCUT2D eigenvalue weighted by atomic mass is 16.5. The lowest BCUT2D eigenvalue weighted by molar-refractivity contribution is -0.132. The van der Waals surface area contributed by atoms with Crippen molar-refractivity contribution in [3.05, 3.63) is 59.0 Å². The number of para-hydroxylation sites is 2. The van der Waals surface area contributed by atoms with Gasteiger partial charge in [0, 0.05) is 19.2 Å². The van der Waals surface area contributed by atoms with E-state index in [4.69, 9.17) is 18.6 Å². The van der Waals surface area contributed by atoms with Gasteiger partial charge in [0.25, 0.3) is 5.91 Å². The van der Waals surface area contributed by atoms with Crippen molar-refractivity contribution in [1.29, 1.82) is 0 Å². The zero-order valence-electron chi connectivity index (χ0n) is 16.8. The Morgan fingerprint density at radius 2 is 1.80 bits per heavy atom. The predicted octanol–water partition coefficient (Wildman–Crippen LogP) is 3.99. The molecule has 1 amide bonds. The molecule has 1 saturated heterocycles. The molecule has 0 spiro atoms. The van der Waals surface area contributed by atoms with Gasteiger partial charge in [-0.15, -0.1) is 0 Å². The van der Waals surface area contributed by atoms with Crippen LogP contribution in [-0.4, -0.2) is 37.1 Å². The molecule has 3 aromatic rings. The molecule has 30 heavy (non-hydrogen) atoms. The SMILES string of the molecule is CCOc1ccccc1Oc1coc2cc(OCC(=O)N3CCCC3)ccc2c1=O. The maximum atomic E-state index is 12.8. The van der Waals surface area contributed by atoms with Gasteiger partial charge in [0.15, 0.2) is 18.1 Å². The summed E-state index contributed by atoms with van der Waals surface area (Å²) >= 11 is 0. The van der Waals surface area contributed by atoms with Crippen LogP contribution in [0.25, 0.3) is 11.0 Å². The number of fused-ring (bicyclic) bond motifs is 1. The molecule has 1 aromatic heterocycles. The molecular weight excluding hydrogens is 386 g/mol. The Balaban J connectivity index is 1.51. The third kappa shape index (κ3) is 4.25. The van der Waals surface area contributed by atoms with Gasteiger partial charge in [-0.25, -0.2) is 0 Å². The highest BCUT2D eigenvalue weighted by Gasteiger charge is 2.18. The van der Waals surface area contributed by atoms with E-state index in [1.165, 1.54) is 6.26 Å². The minimum Gasteiger partial charge on any atom is -0.490 e. The van der Waals surface area contributed by atoms with Crippen molar-refractivity contribution in [1.82, 2.24) is 4.90 Å². The molecule has 4 rings (SSSR count). The number of ether oxygens (including phenoxy) is 3. The summed E-state index contributed by atoms with van der Waals surface area (Å²) in [6, 6.07) is 12.0. The largest absolute Gasteiger partial charge is 0.490 e. The molecule has 0 aliphatic carbocycles. The van der Waals surface area contributed by atoms with Gasteiger partial charge < -0.3 is 23.5 Å². The van der Waals surface area contributed by atoms with E-state index in [-0.39, 0.29) is 23.7 Å². The zero-order chi connectivity index (χ0) is 20.9. The van der Waals surface area contributed by atoms with E-state index in [9.17, 15) is 9.59 Å². The molecule has 7 nitrogen and oxygen atoms in total. The van der Waals surface area contributed by atoms with Crippen molar-refractivity contribution in [3.8, 4) is 23.0 Å². The van der Waals surface area contributed by atoms with Crippen LogP contribution in [-0.2, 0) is 4.79 Å². The Bertz CT molecular complexity index is 1100. The van der Waals surface area contributed by atoms with Crippen LogP contribution in [0.15, 0.2) is 57.9 Å². The molecule has 2 aromatic carbocycles. The van der Waals surface area contributed by atoms with Gasteiger partial charge in [-0.05, 0) is 44.0 Å². The van der Waals surface area contributed by atoms with E-state index in [0.29, 0.717) is 34.8 Å². The van der Waals surface area contributed by atoms with Crippen LogP contribution in [0.2, 0.25) is 0 Å². The van der Waals surface area contributed by atoms with Gasteiger partial charge in [0.2, 0.25) is 11.2 Å². The normalized spacial score (nSPS) is 13.4. The van der Waals surface area contributed by atoms with Gasteiger partial charge in [-0.1, -0.05) is 12.1 Å². The number of benzene rings is 2. The topological polar surface area (TPSA) is 78.2 Å². The average Bonchev–Trinajstić information content (AvgIpc) is 3.30. The molecule has 0 N–H and O–H groups in total. The first-order valence-corrected chi connectivity index (χ1v) is 10.0. The Hall–Kier alpha value is -3.48. The van der Waals surface area contributed by atoms with E-state index in [1.54, 1.807) is 41.3 Å². The van der Waals surface area contributed by atoms with Gasteiger partial charge in [0.05, 0.1) is 12.0 Å². The molecule has 7 heteroatoms. The summed E-state index contributed by atoms with van der Waals surface area (Å²) in [6.07, 6.45) is 3.34. The third-order valence-corrected chi connectivity index (χ3v) is 4.90. The number of hydrogen-bond acceptors (Lipinski definition) is 6. The Labute approximate surface area is 173 Å².